The van der Waals surface area contributed by atoms with Crippen molar-refractivity contribution >= 4 is 22.5 Å². The Hall–Kier alpha value is -3.08. The number of pyridine rings is 1. The molecular weight excluding hydrogens is 338 g/mol. The van der Waals surface area contributed by atoms with Crippen LogP contribution in [0, 0.1) is 0 Å². The van der Waals surface area contributed by atoms with Gasteiger partial charge in [0.05, 0.1) is 24.3 Å². The average molecular weight is 361 g/mol. The number of benzene rings is 2. The minimum Gasteiger partial charge on any atom is -0.485 e. The number of hydrogen-bond acceptors (Lipinski definition) is 4. The minimum atomic E-state index is -0.0914. The molecule has 0 N–H and O–H groups in total. The lowest BCUT2D eigenvalue weighted by atomic mass is 10.1. The lowest BCUT2D eigenvalue weighted by molar-refractivity contribution is 0.0704. The van der Waals surface area contributed by atoms with Gasteiger partial charge in [-0.1, -0.05) is 36.4 Å². The lowest BCUT2D eigenvalue weighted by Gasteiger charge is -2.37. The molecule has 1 aliphatic rings. The first-order valence-corrected chi connectivity index (χ1v) is 9.27. The second-order valence-electron chi connectivity index (χ2n) is 6.82. The molecule has 2 heterocycles. The maximum atomic E-state index is 12.9. The van der Waals surface area contributed by atoms with Crippen LogP contribution in [0.5, 0.6) is 5.75 Å². The van der Waals surface area contributed by atoms with Crippen molar-refractivity contribution in [2.24, 2.45) is 0 Å². The Morgan fingerprint density at radius 3 is 2.78 bits per heavy atom. The van der Waals surface area contributed by atoms with E-state index in [0.717, 1.165) is 35.4 Å². The Balaban J connectivity index is 1.49. The highest BCUT2D eigenvalue weighted by atomic mass is 16.5. The number of ether oxygens (including phenoxy) is 1. The highest BCUT2D eigenvalue weighted by Crippen LogP contribution is 2.32. The van der Waals surface area contributed by atoms with Crippen LogP contribution in [0.1, 0.15) is 17.4 Å². The van der Waals surface area contributed by atoms with E-state index in [1.165, 1.54) is 0 Å². The van der Waals surface area contributed by atoms with Crippen molar-refractivity contribution in [3.05, 3.63) is 66.4 Å². The van der Waals surface area contributed by atoms with Crippen LogP contribution in [-0.4, -0.2) is 48.6 Å². The third-order valence-corrected chi connectivity index (χ3v) is 4.95. The largest absolute Gasteiger partial charge is 0.485 e. The first-order chi connectivity index (χ1) is 13.2. The summed E-state index contributed by atoms with van der Waals surface area (Å²) in [6, 6.07) is 19.6. The molecule has 2 aromatic carbocycles. The van der Waals surface area contributed by atoms with Gasteiger partial charge in [-0.2, -0.15) is 0 Å². The first kappa shape index (κ1) is 17.3. The van der Waals surface area contributed by atoms with E-state index < -0.39 is 0 Å². The summed E-state index contributed by atoms with van der Waals surface area (Å²) in [5.41, 5.74) is 2.40. The van der Waals surface area contributed by atoms with Gasteiger partial charge in [0.2, 0.25) is 0 Å². The van der Waals surface area contributed by atoms with Crippen LogP contribution in [0.25, 0.3) is 10.9 Å². The van der Waals surface area contributed by atoms with Crippen molar-refractivity contribution in [3.8, 4) is 5.75 Å². The fourth-order valence-electron chi connectivity index (χ4n) is 3.54. The van der Waals surface area contributed by atoms with Crippen LogP contribution in [0.15, 0.2) is 60.7 Å². The van der Waals surface area contributed by atoms with Crippen molar-refractivity contribution in [1.82, 2.24) is 9.88 Å². The summed E-state index contributed by atoms with van der Waals surface area (Å²) in [6.45, 7) is 4.31. The van der Waals surface area contributed by atoms with Gasteiger partial charge in [0, 0.05) is 19.0 Å². The van der Waals surface area contributed by atoms with Crippen LogP contribution in [0.3, 0.4) is 0 Å². The topological polar surface area (TPSA) is 45.7 Å². The zero-order valence-corrected chi connectivity index (χ0v) is 15.6. The zero-order valence-electron chi connectivity index (χ0n) is 15.6. The molecule has 0 saturated carbocycles. The van der Waals surface area contributed by atoms with E-state index in [-0.39, 0.29) is 12.0 Å². The van der Waals surface area contributed by atoms with Gasteiger partial charge in [-0.25, -0.2) is 4.98 Å². The molecule has 1 aliphatic heterocycles. The van der Waals surface area contributed by atoms with Crippen molar-refractivity contribution < 1.29 is 9.53 Å². The smallest absolute Gasteiger partial charge is 0.272 e. The lowest BCUT2D eigenvalue weighted by Crippen LogP contribution is -2.46. The molecule has 5 heteroatoms. The molecule has 0 fully saturated rings. The van der Waals surface area contributed by atoms with Crippen LogP contribution in [0.2, 0.25) is 0 Å². The van der Waals surface area contributed by atoms with Crippen LogP contribution >= 0.6 is 0 Å². The van der Waals surface area contributed by atoms with Gasteiger partial charge >= 0.3 is 0 Å². The fraction of sp³-hybridized carbons (Fsp3) is 0.273. The highest BCUT2D eigenvalue weighted by molar-refractivity contribution is 5.94. The third-order valence-electron chi connectivity index (χ3n) is 4.95. The number of aromatic nitrogens is 1. The number of carbonyl (C=O) groups excluding carboxylic acids is 1. The molecule has 138 valence electrons. The summed E-state index contributed by atoms with van der Waals surface area (Å²) in [5.74, 6) is 0.784. The number of hydrogen-bond donors (Lipinski definition) is 0. The molecule has 0 bridgehead atoms. The summed E-state index contributed by atoms with van der Waals surface area (Å²) >= 11 is 0. The van der Waals surface area contributed by atoms with Crippen molar-refractivity contribution in [2.45, 2.75) is 13.0 Å². The number of anilines is 1. The van der Waals surface area contributed by atoms with Crippen LogP contribution in [0.4, 0.5) is 5.69 Å². The molecule has 0 spiro atoms. The first-order valence-electron chi connectivity index (χ1n) is 9.27. The number of nitrogens with zero attached hydrogens (tertiary/aromatic N) is 3. The summed E-state index contributed by atoms with van der Waals surface area (Å²) in [7, 11) is 1.80. The number of rotatable bonds is 4. The average Bonchev–Trinajstić information content (AvgIpc) is 2.72. The van der Waals surface area contributed by atoms with E-state index in [1.54, 1.807) is 18.0 Å². The van der Waals surface area contributed by atoms with E-state index in [2.05, 4.69) is 22.9 Å². The molecule has 0 radical (unpaired) electrons. The normalized spacial score (nSPS) is 15.9. The number of fused-ring (bicyclic) bond motifs is 2. The highest BCUT2D eigenvalue weighted by Gasteiger charge is 2.27. The summed E-state index contributed by atoms with van der Waals surface area (Å²) in [6.07, 6.45) is -0.0748. The van der Waals surface area contributed by atoms with E-state index >= 15 is 0 Å². The maximum absolute atomic E-state index is 12.9. The molecule has 5 nitrogen and oxygen atoms in total. The Morgan fingerprint density at radius 1 is 1.15 bits per heavy atom. The second kappa shape index (κ2) is 7.27. The molecule has 27 heavy (non-hydrogen) atoms. The minimum absolute atomic E-state index is 0.0748. The van der Waals surface area contributed by atoms with Crippen LogP contribution in [-0.2, 0) is 0 Å². The quantitative estimate of drug-likeness (QED) is 0.712. The zero-order chi connectivity index (χ0) is 18.8. The van der Waals surface area contributed by atoms with Gasteiger partial charge in [0.1, 0.15) is 17.5 Å². The fourth-order valence-corrected chi connectivity index (χ4v) is 3.54. The van der Waals surface area contributed by atoms with Gasteiger partial charge in [0.25, 0.3) is 5.91 Å². The third kappa shape index (κ3) is 3.45. The molecule has 1 atom stereocenters. The van der Waals surface area contributed by atoms with Gasteiger partial charge in [-0.15, -0.1) is 0 Å². The predicted octanol–water partition coefficient (Wildman–Crippen LogP) is 3.59. The van der Waals surface area contributed by atoms with Gasteiger partial charge in [-0.05, 0) is 31.2 Å². The predicted molar refractivity (Wildman–Crippen MR) is 107 cm³/mol. The SMILES string of the molecule is CCN1C[C@@H](CN(C)C(=O)c2ccc3ccccc3n2)Oc2ccccc21. The Morgan fingerprint density at radius 2 is 1.93 bits per heavy atom. The summed E-state index contributed by atoms with van der Waals surface area (Å²) in [4.78, 5) is 21.4. The van der Waals surface area contributed by atoms with E-state index in [9.17, 15) is 4.79 Å². The van der Waals surface area contributed by atoms with Crippen molar-refractivity contribution in [1.29, 1.82) is 0 Å². The molecule has 4 rings (SSSR count). The number of carbonyl (C=O) groups is 1. The molecule has 0 saturated heterocycles. The Labute approximate surface area is 159 Å². The standard InChI is InChI=1S/C22H23N3O2/c1-3-25-15-17(27-21-11-7-6-10-20(21)25)14-24(2)22(26)19-13-12-16-8-4-5-9-18(16)23-19/h4-13,17H,3,14-15H2,1-2H3/t17-/m1/s1. The Bertz CT molecular complexity index is 972. The molecule has 1 amide bonds. The van der Waals surface area contributed by atoms with Gasteiger partial charge < -0.3 is 14.5 Å². The monoisotopic (exact) mass is 361 g/mol. The van der Waals surface area contributed by atoms with Gasteiger partial charge in [0.15, 0.2) is 0 Å². The summed E-state index contributed by atoms with van der Waals surface area (Å²) < 4.78 is 6.13. The number of amides is 1. The number of likely N-dealkylation sites (N-methyl/N-ethyl adjacent to an activating group) is 2. The van der Waals surface area contributed by atoms with E-state index in [1.807, 2.05) is 48.5 Å². The Kier molecular flexibility index (Phi) is 4.67. The molecular formula is C22H23N3O2. The maximum Gasteiger partial charge on any atom is 0.272 e. The second-order valence-corrected chi connectivity index (χ2v) is 6.82. The van der Waals surface area contributed by atoms with E-state index in [0.29, 0.717) is 12.2 Å². The summed E-state index contributed by atoms with van der Waals surface area (Å²) in [5, 5.41) is 1.03. The number of para-hydroxylation sites is 3. The molecule has 0 aliphatic carbocycles. The van der Waals surface area contributed by atoms with E-state index in [4.69, 9.17) is 4.74 Å². The van der Waals surface area contributed by atoms with Crippen LogP contribution < -0.4 is 9.64 Å². The van der Waals surface area contributed by atoms with Crippen molar-refractivity contribution in [2.75, 3.05) is 31.6 Å². The van der Waals surface area contributed by atoms with Gasteiger partial charge in [-0.3, -0.25) is 4.79 Å². The molecule has 0 unspecified atom stereocenters. The molecule has 3 aromatic rings. The molecule has 1 aromatic heterocycles. The van der Waals surface area contributed by atoms with Crippen molar-refractivity contribution in [3.63, 3.8) is 0 Å².